The first-order chi connectivity index (χ1) is 8.97. The lowest BCUT2D eigenvalue weighted by Gasteiger charge is -2.13. The van der Waals surface area contributed by atoms with Crippen LogP contribution in [0, 0.1) is 11.7 Å². The maximum atomic E-state index is 13.0. The van der Waals surface area contributed by atoms with Crippen molar-refractivity contribution in [3.8, 4) is 0 Å². The molecule has 0 radical (unpaired) electrons. The van der Waals surface area contributed by atoms with Crippen LogP contribution in [0.4, 0.5) is 4.39 Å². The molecule has 0 aliphatic carbocycles. The molecule has 6 heteroatoms. The van der Waals surface area contributed by atoms with Crippen molar-refractivity contribution in [1.29, 1.82) is 0 Å². The minimum Gasteiger partial charge on any atom is -0.469 e. The second-order valence-electron chi connectivity index (χ2n) is 3.95. The monoisotopic (exact) mass is 288 g/mol. The maximum absolute atomic E-state index is 13.0. The van der Waals surface area contributed by atoms with Gasteiger partial charge in [0, 0.05) is 0 Å². The topological polar surface area (TPSA) is 52.6 Å². The van der Waals surface area contributed by atoms with Gasteiger partial charge in [-0.05, 0) is 24.1 Å². The fraction of sp³-hybridized carbons (Fsp3) is 0.385. The Balaban J connectivity index is 2.84. The van der Waals surface area contributed by atoms with Crippen molar-refractivity contribution in [1.82, 2.24) is 0 Å². The number of carbonyl (C=O) groups is 2. The van der Waals surface area contributed by atoms with E-state index in [1.54, 1.807) is 0 Å². The Bertz CT molecular complexity index is 476. The lowest BCUT2D eigenvalue weighted by atomic mass is 9.96. The Morgan fingerprint density at radius 1 is 1.32 bits per heavy atom. The number of esters is 2. The molecule has 0 saturated heterocycles. The molecule has 0 saturated carbocycles. The van der Waals surface area contributed by atoms with Crippen LogP contribution in [0.15, 0.2) is 18.2 Å². The van der Waals surface area contributed by atoms with Crippen LogP contribution in [-0.2, 0) is 25.5 Å². The Morgan fingerprint density at radius 3 is 2.53 bits per heavy atom. The lowest BCUT2D eigenvalue weighted by molar-refractivity contribution is -0.151. The summed E-state index contributed by atoms with van der Waals surface area (Å²) >= 11 is 5.66. The van der Waals surface area contributed by atoms with Crippen LogP contribution in [-0.4, -0.2) is 26.2 Å². The van der Waals surface area contributed by atoms with Gasteiger partial charge in [0.2, 0.25) is 0 Å². The molecule has 1 aromatic rings. The third-order valence-electron chi connectivity index (χ3n) is 2.64. The Kier molecular flexibility index (Phi) is 5.76. The highest BCUT2D eigenvalue weighted by Crippen LogP contribution is 2.20. The number of hydrogen-bond acceptors (Lipinski definition) is 4. The standard InChI is InChI=1S/C13H14ClFO4/c1-18-12(16)7-9(13(17)19-2)5-8-3-4-11(15)10(14)6-8/h3-4,6,9H,5,7H2,1-2H3. The van der Waals surface area contributed by atoms with Gasteiger partial charge >= 0.3 is 11.9 Å². The van der Waals surface area contributed by atoms with Gasteiger partial charge in [0.25, 0.3) is 0 Å². The summed E-state index contributed by atoms with van der Waals surface area (Å²) in [5.41, 5.74) is 0.644. The smallest absolute Gasteiger partial charge is 0.309 e. The van der Waals surface area contributed by atoms with Gasteiger partial charge < -0.3 is 9.47 Å². The van der Waals surface area contributed by atoms with Gasteiger partial charge in [0.05, 0.1) is 31.6 Å². The van der Waals surface area contributed by atoms with Crippen LogP contribution in [0.2, 0.25) is 5.02 Å². The van der Waals surface area contributed by atoms with Crippen molar-refractivity contribution in [3.05, 3.63) is 34.6 Å². The molecule has 19 heavy (non-hydrogen) atoms. The molecule has 4 nitrogen and oxygen atoms in total. The van der Waals surface area contributed by atoms with Gasteiger partial charge in [-0.25, -0.2) is 4.39 Å². The number of benzene rings is 1. The van der Waals surface area contributed by atoms with Crippen LogP contribution >= 0.6 is 11.6 Å². The number of carbonyl (C=O) groups excluding carboxylic acids is 2. The molecule has 1 atom stereocenters. The van der Waals surface area contributed by atoms with Crippen LogP contribution in [0.5, 0.6) is 0 Å². The molecular formula is C13H14ClFO4. The zero-order valence-corrected chi connectivity index (χ0v) is 11.4. The SMILES string of the molecule is COC(=O)CC(Cc1ccc(F)c(Cl)c1)C(=O)OC. The van der Waals surface area contributed by atoms with Gasteiger partial charge in [-0.2, -0.15) is 0 Å². The third kappa shape index (κ3) is 4.52. The van der Waals surface area contributed by atoms with Crippen LogP contribution in [0.3, 0.4) is 0 Å². The van der Waals surface area contributed by atoms with Gasteiger partial charge in [0.1, 0.15) is 5.82 Å². The predicted octanol–water partition coefficient (Wildman–Crippen LogP) is 2.37. The first kappa shape index (κ1) is 15.4. The molecule has 0 N–H and O–H groups in total. The van der Waals surface area contributed by atoms with E-state index in [-0.39, 0.29) is 17.9 Å². The molecule has 1 unspecified atom stereocenters. The zero-order valence-electron chi connectivity index (χ0n) is 10.6. The molecule has 1 rings (SSSR count). The van der Waals surface area contributed by atoms with Crippen molar-refractivity contribution >= 4 is 23.5 Å². The molecule has 1 aromatic carbocycles. The van der Waals surface area contributed by atoms with Crippen LogP contribution < -0.4 is 0 Å². The van der Waals surface area contributed by atoms with E-state index in [0.717, 1.165) is 0 Å². The summed E-state index contributed by atoms with van der Waals surface area (Å²) in [6, 6.07) is 4.14. The molecule has 0 aromatic heterocycles. The Morgan fingerprint density at radius 2 is 2.00 bits per heavy atom. The molecule has 0 spiro atoms. The minimum absolute atomic E-state index is 0.0285. The van der Waals surface area contributed by atoms with E-state index in [1.807, 2.05) is 0 Å². The second kappa shape index (κ2) is 7.09. The van der Waals surface area contributed by atoms with E-state index in [0.29, 0.717) is 5.56 Å². The largest absolute Gasteiger partial charge is 0.469 e. The van der Waals surface area contributed by atoms with Gasteiger partial charge in [-0.15, -0.1) is 0 Å². The summed E-state index contributed by atoms with van der Waals surface area (Å²) in [5, 5.41) is -0.0285. The first-order valence-corrected chi connectivity index (χ1v) is 5.94. The average Bonchev–Trinajstić information content (AvgIpc) is 2.41. The van der Waals surface area contributed by atoms with Gasteiger partial charge in [-0.3, -0.25) is 9.59 Å². The maximum Gasteiger partial charge on any atom is 0.309 e. The lowest BCUT2D eigenvalue weighted by Crippen LogP contribution is -2.22. The van der Waals surface area contributed by atoms with Crippen LogP contribution in [0.1, 0.15) is 12.0 Å². The highest BCUT2D eigenvalue weighted by molar-refractivity contribution is 6.30. The van der Waals surface area contributed by atoms with Crippen molar-refractivity contribution in [3.63, 3.8) is 0 Å². The molecule has 0 bridgehead atoms. The molecular weight excluding hydrogens is 275 g/mol. The van der Waals surface area contributed by atoms with E-state index >= 15 is 0 Å². The number of rotatable bonds is 5. The molecule has 0 aliphatic heterocycles. The summed E-state index contributed by atoms with van der Waals surface area (Å²) in [7, 11) is 2.48. The Labute approximate surface area is 115 Å². The zero-order chi connectivity index (χ0) is 14.4. The van der Waals surface area contributed by atoms with E-state index in [2.05, 4.69) is 9.47 Å². The van der Waals surface area contributed by atoms with Crippen LogP contribution in [0.25, 0.3) is 0 Å². The summed E-state index contributed by atoms with van der Waals surface area (Å²) in [4.78, 5) is 22.8. The quantitative estimate of drug-likeness (QED) is 0.781. The number of methoxy groups -OCH3 is 2. The Hall–Kier alpha value is -1.62. The van der Waals surface area contributed by atoms with Crippen molar-refractivity contribution in [2.24, 2.45) is 5.92 Å². The molecule has 0 fully saturated rings. The fourth-order valence-electron chi connectivity index (χ4n) is 1.64. The predicted molar refractivity (Wildman–Crippen MR) is 67.3 cm³/mol. The third-order valence-corrected chi connectivity index (χ3v) is 2.93. The number of ether oxygens (including phenoxy) is 2. The van der Waals surface area contributed by atoms with Crippen molar-refractivity contribution in [2.45, 2.75) is 12.8 Å². The average molecular weight is 289 g/mol. The normalized spacial score (nSPS) is 11.8. The van der Waals surface area contributed by atoms with Crippen molar-refractivity contribution in [2.75, 3.05) is 14.2 Å². The van der Waals surface area contributed by atoms with E-state index in [1.165, 1.54) is 32.4 Å². The minimum atomic E-state index is -0.682. The molecule has 0 amide bonds. The highest BCUT2D eigenvalue weighted by Gasteiger charge is 2.23. The number of hydrogen-bond donors (Lipinski definition) is 0. The number of halogens is 2. The van der Waals surface area contributed by atoms with E-state index in [9.17, 15) is 14.0 Å². The fourth-order valence-corrected chi connectivity index (χ4v) is 1.84. The highest BCUT2D eigenvalue weighted by atomic mass is 35.5. The summed E-state index contributed by atoms with van der Waals surface area (Å²) in [6.45, 7) is 0. The van der Waals surface area contributed by atoms with E-state index in [4.69, 9.17) is 11.6 Å². The summed E-state index contributed by atoms with van der Waals surface area (Å²) in [5.74, 6) is -2.25. The van der Waals surface area contributed by atoms with Gasteiger partial charge in [-0.1, -0.05) is 17.7 Å². The van der Waals surface area contributed by atoms with Crippen molar-refractivity contribution < 1.29 is 23.5 Å². The molecule has 0 aliphatic rings. The van der Waals surface area contributed by atoms with E-state index < -0.39 is 23.7 Å². The first-order valence-electron chi connectivity index (χ1n) is 5.56. The molecule has 104 valence electrons. The second-order valence-corrected chi connectivity index (χ2v) is 4.36. The van der Waals surface area contributed by atoms with Gasteiger partial charge in [0.15, 0.2) is 0 Å². The molecule has 0 heterocycles. The summed E-state index contributed by atoms with van der Waals surface area (Å²) < 4.78 is 22.2. The summed E-state index contributed by atoms with van der Waals surface area (Å²) in [6.07, 6.45) is 0.125.